The highest BCUT2D eigenvalue weighted by molar-refractivity contribution is 5.79. The van der Waals surface area contributed by atoms with Gasteiger partial charge in [-0.2, -0.15) is 0 Å². The summed E-state index contributed by atoms with van der Waals surface area (Å²) in [5, 5.41) is 9.46. The normalized spacial score (nSPS) is 40.1. The van der Waals surface area contributed by atoms with E-state index in [2.05, 4.69) is 13.8 Å². The van der Waals surface area contributed by atoms with E-state index in [9.17, 15) is 9.90 Å². The minimum Gasteiger partial charge on any atom is -0.391 e. The number of nitrogens with zero attached hydrogens (tertiary/aromatic N) is 1. The van der Waals surface area contributed by atoms with Crippen LogP contribution in [0.25, 0.3) is 0 Å². The number of β-amino-alcohol motifs (C(OH)–C–C–N with tert-alkyl or cyclic N) is 1. The highest BCUT2D eigenvalue weighted by atomic mass is 16.3. The molecule has 2 unspecified atom stereocenters. The van der Waals surface area contributed by atoms with Crippen LogP contribution in [0.1, 0.15) is 39.5 Å². The number of carbonyl (C=O) groups excluding carboxylic acids is 1. The van der Waals surface area contributed by atoms with Crippen molar-refractivity contribution in [3.8, 4) is 0 Å². The quantitative estimate of drug-likeness (QED) is 0.737. The molecule has 0 radical (unpaired) electrons. The Bertz CT molecular complexity index is 257. The Morgan fingerprint density at radius 3 is 2.31 bits per heavy atom. The second-order valence-electron chi connectivity index (χ2n) is 5.84. The minimum absolute atomic E-state index is 0.212. The van der Waals surface area contributed by atoms with Gasteiger partial charge < -0.3 is 10.0 Å². The molecule has 0 spiro atoms. The second-order valence-corrected chi connectivity index (χ2v) is 5.84. The molecule has 1 aliphatic carbocycles. The third-order valence-corrected chi connectivity index (χ3v) is 4.00. The van der Waals surface area contributed by atoms with Gasteiger partial charge in [0.15, 0.2) is 0 Å². The van der Waals surface area contributed by atoms with Crippen LogP contribution in [0.15, 0.2) is 0 Å². The molecule has 3 nitrogen and oxygen atoms in total. The molecule has 3 heteroatoms. The van der Waals surface area contributed by atoms with E-state index in [-0.39, 0.29) is 17.9 Å². The van der Waals surface area contributed by atoms with Gasteiger partial charge >= 0.3 is 0 Å². The Morgan fingerprint density at radius 1 is 1.19 bits per heavy atom. The zero-order valence-electron chi connectivity index (χ0n) is 10.4. The van der Waals surface area contributed by atoms with E-state index in [0.29, 0.717) is 18.4 Å². The summed E-state index contributed by atoms with van der Waals surface area (Å²) in [4.78, 5) is 14.1. The zero-order valence-corrected chi connectivity index (χ0v) is 10.4. The Hall–Kier alpha value is -0.570. The van der Waals surface area contributed by atoms with Crippen molar-refractivity contribution < 1.29 is 9.90 Å². The molecule has 1 saturated carbocycles. The number of carbonyl (C=O) groups is 1. The molecule has 0 aromatic heterocycles. The Kier molecular flexibility index (Phi) is 3.53. The predicted octanol–water partition coefficient (Wildman–Crippen LogP) is 1.65. The van der Waals surface area contributed by atoms with Crippen molar-refractivity contribution >= 4 is 5.91 Å². The summed E-state index contributed by atoms with van der Waals surface area (Å²) in [6.07, 6.45) is 3.80. The molecule has 3 atom stereocenters. The van der Waals surface area contributed by atoms with Gasteiger partial charge in [0.25, 0.3) is 0 Å². The van der Waals surface area contributed by atoms with Gasteiger partial charge in [-0.3, -0.25) is 4.79 Å². The van der Waals surface area contributed by atoms with Crippen molar-refractivity contribution in [2.45, 2.75) is 45.6 Å². The summed E-state index contributed by atoms with van der Waals surface area (Å²) in [6, 6.07) is 0. The fraction of sp³-hybridized carbons (Fsp3) is 0.923. The molecule has 1 N–H and O–H groups in total. The second kappa shape index (κ2) is 4.74. The van der Waals surface area contributed by atoms with Crippen molar-refractivity contribution in [3.05, 3.63) is 0 Å². The molecule has 0 bridgehead atoms. The van der Waals surface area contributed by atoms with Crippen molar-refractivity contribution in [2.24, 2.45) is 17.8 Å². The van der Waals surface area contributed by atoms with E-state index in [1.807, 2.05) is 4.90 Å². The van der Waals surface area contributed by atoms with Gasteiger partial charge in [-0.25, -0.2) is 0 Å². The van der Waals surface area contributed by atoms with E-state index >= 15 is 0 Å². The lowest BCUT2D eigenvalue weighted by Gasteiger charge is -2.32. The molecular formula is C13H23NO2. The molecular weight excluding hydrogens is 202 g/mol. The lowest BCUT2D eigenvalue weighted by atomic mass is 9.76. The van der Waals surface area contributed by atoms with Gasteiger partial charge in [0.2, 0.25) is 5.91 Å². The van der Waals surface area contributed by atoms with E-state index in [0.717, 1.165) is 25.8 Å². The van der Waals surface area contributed by atoms with E-state index in [1.165, 1.54) is 6.42 Å². The Labute approximate surface area is 97.8 Å². The first kappa shape index (κ1) is 11.9. The van der Waals surface area contributed by atoms with Gasteiger partial charge in [0.05, 0.1) is 6.10 Å². The standard InChI is InChI=1S/C13H23NO2/c1-9-5-10(2)7-11(6-9)13(16)14-4-3-12(15)8-14/h9-12,15H,3-8H2,1-2H3/t9?,10?,11?,12-/m1/s1. The number of likely N-dealkylation sites (tertiary alicyclic amines) is 1. The van der Waals surface area contributed by atoms with Crippen LogP contribution >= 0.6 is 0 Å². The lowest BCUT2D eigenvalue weighted by Crippen LogP contribution is -2.38. The number of hydrogen-bond acceptors (Lipinski definition) is 2. The van der Waals surface area contributed by atoms with Crippen LogP contribution < -0.4 is 0 Å². The monoisotopic (exact) mass is 225 g/mol. The Balaban J connectivity index is 1.93. The average Bonchev–Trinajstić information content (AvgIpc) is 2.62. The molecule has 1 amide bonds. The van der Waals surface area contributed by atoms with E-state index in [1.54, 1.807) is 0 Å². The summed E-state index contributed by atoms with van der Waals surface area (Å²) in [6.45, 7) is 5.79. The van der Waals surface area contributed by atoms with Crippen LogP contribution in [0.5, 0.6) is 0 Å². The smallest absolute Gasteiger partial charge is 0.225 e. The third kappa shape index (κ3) is 2.57. The first-order chi connectivity index (χ1) is 7.56. The summed E-state index contributed by atoms with van der Waals surface area (Å²) < 4.78 is 0. The highest BCUT2D eigenvalue weighted by Crippen LogP contribution is 2.34. The molecule has 1 aliphatic heterocycles. The minimum atomic E-state index is -0.289. The van der Waals surface area contributed by atoms with Crippen molar-refractivity contribution in [3.63, 3.8) is 0 Å². The molecule has 0 aromatic carbocycles. The van der Waals surface area contributed by atoms with Gasteiger partial charge in [0, 0.05) is 19.0 Å². The van der Waals surface area contributed by atoms with E-state index in [4.69, 9.17) is 0 Å². The van der Waals surface area contributed by atoms with Crippen LogP contribution in [0, 0.1) is 17.8 Å². The number of rotatable bonds is 1. The molecule has 0 aromatic rings. The van der Waals surface area contributed by atoms with Crippen LogP contribution in [-0.4, -0.2) is 35.1 Å². The summed E-state index contributed by atoms with van der Waals surface area (Å²) >= 11 is 0. The fourth-order valence-electron chi connectivity index (χ4n) is 3.35. The van der Waals surface area contributed by atoms with Gasteiger partial charge in [-0.05, 0) is 37.5 Å². The average molecular weight is 225 g/mol. The number of amides is 1. The van der Waals surface area contributed by atoms with Gasteiger partial charge in [-0.15, -0.1) is 0 Å². The van der Waals surface area contributed by atoms with Crippen LogP contribution in [0.2, 0.25) is 0 Å². The van der Waals surface area contributed by atoms with Crippen molar-refractivity contribution in [2.75, 3.05) is 13.1 Å². The van der Waals surface area contributed by atoms with Crippen molar-refractivity contribution in [1.29, 1.82) is 0 Å². The summed E-state index contributed by atoms with van der Waals surface area (Å²) in [5.41, 5.74) is 0. The Morgan fingerprint density at radius 2 is 1.81 bits per heavy atom. The maximum atomic E-state index is 12.3. The number of aliphatic hydroxyl groups is 1. The van der Waals surface area contributed by atoms with Gasteiger partial charge in [0.1, 0.15) is 0 Å². The molecule has 2 aliphatic rings. The first-order valence-electron chi connectivity index (χ1n) is 6.53. The SMILES string of the molecule is CC1CC(C)CC(C(=O)N2CC[C@@H](O)C2)C1. The molecule has 2 fully saturated rings. The maximum Gasteiger partial charge on any atom is 0.225 e. The largest absolute Gasteiger partial charge is 0.391 e. The summed E-state index contributed by atoms with van der Waals surface area (Å²) in [5.74, 6) is 1.84. The topological polar surface area (TPSA) is 40.5 Å². The van der Waals surface area contributed by atoms with E-state index < -0.39 is 0 Å². The lowest BCUT2D eigenvalue weighted by molar-refractivity contribution is -0.136. The highest BCUT2D eigenvalue weighted by Gasteiger charge is 2.34. The third-order valence-electron chi connectivity index (χ3n) is 4.00. The molecule has 2 rings (SSSR count). The molecule has 16 heavy (non-hydrogen) atoms. The van der Waals surface area contributed by atoms with Crippen LogP contribution in [-0.2, 0) is 4.79 Å². The van der Waals surface area contributed by atoms with Crippen molar-refractivity contribution in [1.82, 2.24) is 4.90 Å². The summed E-state index contributed by atoms with van der Waals surface area (Å²) in [7, 11) is 0. The first-order valence-corrected chi connectivity index (χ1v) is 6.53. The molecule has 1 saturated heterocycles. The van der Waals surface area contributed by atoms with Crippen LogP contribution in [0.3, 0.4) is 0 Å². The number of aliphatic hydroxyl groups excluding tert-OH is 1. The molecule has 92 valence electrons. The van der Waals surface area contributed by atoms with Gasteiger partial charge in [-0.1, -0.05) is 13.8 Å². The maximum absolute atomic E-state index is 12.3. The van der Waals surface area contributed by atoms with Crippen LogP contribution in [0.4, 0.5) is 0 Å². The number of hydrogen-bond donors (Lipinski definition) is 1. The zero-order chi connectivity index (χ0) is 11.7. The molecule has 1 heterocycles. The predicted molar refractivity (Wildman–Crippen MR) is 62.9 cm³/mol. The fourth-order valence-corrected chi connectivity index (χ4v) is 3.35.